The molecule has 3 rings (SSSR count). The molecule has 1 spiro atoms. The molecule has 2 N–H and O–H groups in total. The second-order valence-corrected chi connectivity index (χ2v) is 7.96. The number of aliphatic carboxylic acids is 2. The standard InChI is InChI=1S/C17H27N3O.2C2HF3O2/c1-3-20-11-5-7-17(20)8-12-19(13-9-17)14-15-6-4-10-18-16(15)21-2;2*3-2(4,5)1(6)7/h4,6,10H,3,5,7-9,11-14H2,1-2H3;2*(H,6,7). The van der Waals surface area contributed by atoms with Gasteiger partial charge in [0.05, 0.1) is 7.11 Å². The molecule has 0 unspecified atom stereocenters. The molecule has 1 aromatic heterocycles. The van der Waals surface area contributed by atoms with E-state index >= 15 is 0 Å². The first-order valence-electron chi connectivity index (χ1n) is 10.7. The molecule has 0 bridgehead atoms. The quantitative estimate of drug-likeness (QED) is 0.582. The van der Waals surface area contributed by atoms with Crippen molar-refractivity contribution in [2.75, 3.05) is 33.3 Å². The van der Waals surface area contributed by atoms with Gasteiger partial charge in [-0.05, 0) is 44.8 Å². The Bertz CT molecular complexity index is 802. The highest BCUT2D eigenvalue weighted by Gasteiger charge is 2.42. The Hall–Kier alpha value is -2.61. The number of carboxylic acid groups (broad SMARTS) is 2. The third-order valence-corrected chi connectivity index (χ3v) is 5.83. The molecule has 2 aliphatic rings. The fraction of sp³-hybridized carbons (Fsp3) is 0.667. The number of carbonyl (C=O) groups is 2. The molecule has 0 saturated carbocycles. The number of rotatable bonds is 4. The van der Waals surface area contributed by atoms with E-state index in [1.54, 1.807) is 13.3 Å². The number of methoxy groups -OCH3 is 1. The van der Waals surface area contributed by atoms with Crippen molar-refractivity contribution in [2.45, 2.75) is 57.0 Å². The number of likely N-dealkylation sites (tertiary alicyclic amines) is 2. The summed E-state index contributed by atoms with van der Waals surface area (Å²) in [5, 5.41) is 14.2. The maximum absolute atomic E-state index is 10.6. The monoisotopic (exact) mass is 517 g/mol. The van der Waals surface area contributed by atoms with Gasteiger partial charge in [0.15, 0.2) is 0 Å². The van der Waals surface area contributed by atoms with Gasteiger partial charge in [-0.25, -0.2) is 14.6 Å². The Morgan fingerprint density at radius 2 is 1.54 bits per heavy atom. The van der Waals surface area contributed by atoms with Crippen LogP contribution in [0.4, 0.5) is 26.3 Å². The van der Waals surface area contributed by atoms with Crippen LogP contribution in [0.15, 0.2) is 18.3 Å². The van der Waals surface area contributed by atoms with Crippen LogP contribution in [-0.2, 0) is 16.1 Å². The van der Waals surface area contributed by atoms with Crippen molar-refractivity contribution in [3.05, 3.63) is 23.9 Å². The third-order valence-electron chi connectivity index (χ3n) is 5.83. The van der Waals surface area contributed by atoms with Crippen molar-refractivity contribution in [3.8, 4) is 5.88 Å². The maximum Gasteiger partial charge on any atom is 0.490 e. The fourth-order valence-corrected chi connectivity index (χ4v) is 4.15. The predicted molar refractivity (Wildman–Crippen MR) is 112 cm³/mol. The SMILES string of the molecule is CCN1CCCC12CCN(Cc1cccnc1OC)CC2.O=C(O)C(F)(F)F.O=C(O)C(F)(F)F. The molecule has 0 aromatic carbocycles. The minimum absolute atomic E-state index is 0.504. The van der Waals surface area contributed by atoms with Crippen molar-refractivity contribution in [1.29, 1.82) is 0 Å². The number of ether oxygens (including phenoxy) is 1. The highest BCUT2D eigenvalue weighted by molar-refractivity contribution is 5.73. The fourth-order valence-electron chi connectivity index (χ4n) is 4.15. The average molecular weight is 517 g/mol. The summed E-state index contributed by atoms with van der Waals surface area (Å²) >= 11 is 0. The first-order valence-corrected chi connectivity index (χ1v) is 10.7. The smallest absolute Gasteiger partial charge is 0.481 e. The number of aromatic nitrogens is 1. The molecule has 200 valence electrons. The van der Waals surface area contributed by atoms with Gasteiger partial charge in [-0.1, -0.05) is 13.0 Å². The van der Waals surface area contributed by atoms with Crippen LogP contribution in [0.1, 0.15) is 38.2 Å². The van der Waals surface area contributed by atoms with Gasteiger partial charge in [0.1, 0.15) is 0 Å². The van der Waals surface area contributed by atoms with Gasteiger partial charge in [0.25, 0.3) is 0 Å². The number of hydrogen-bond donors (Lipinski definition) is 2. The molecular formula is C21H29F6N3O5. The van der Waals surface area contributed by atoms with Crippen LogP contribution in [-0.4, -0.2) is 88.1 Å². The third kappa shape index (κ3) is 9.51. The number of piperidine rings is 1. The molecule has 0 amide bonds. The van der Waals surface area contributed by atoms with E-state index in [-0.39, 0.29) is 0 Å². The molecule has 3 heterocycles. The van der Waals surface area contributed by atoms with Crippen LogP contribution in [0, 0.1) is 0 Å². The molecule has 0 radical (unpaired) electrons. The summed E-state index contributed by atoms with van der Waals surface area (Å²) < 4.78 is 68.8. The maximum atomic E-state index is 10.6. The van der Waals surface area contributed by atoms with Gasteiger partial charge in [-0.3, -0.25) is 9.80 Å². The molecule has 8 nitrogen and oxygen atoms in total. The van der Waals surface area contributed by atoms with Gasteiger partial charge in [0, 0.05) is 36.9 Å². The Morgan fingerprint density at radius 1 is 1.03 bits per heavy atom. The van der Waals surface area contributed by atoms with E-state index in [1.165, 1.54) is 57.4 Å². The van der Waals surface area contributed by atoms with Crippen molar-refractivity contribution in [2.24, 2.45) is 0 Å². The zero-order valence-corrected chi connectivity index (χ0v) is 19.3. The summed E-state index contributed by atoms with van der Waals surface area (Å²) in [6.45, 7) is 8.14. The Balaban J connectivity index is 0.000000362. The van der Waals surface area contributed by atoms with E-state index in [4.69, 9.17) is 24.5 Å². The minimum Gasteiger partial charge on any atom is -0.481 e. The van der Waals surface area contributed by atoms with Crippen LogP contribution in [0.25, 0.3) is 0 Å². The summed E-state index contributed by atoms with van der Waals surface area (Å²) in [5.74, 6) is -4.74. The molecule has 35 heavy (non-hydrogen) atoms. The summed E-state index contributed by atoms with van der Waals surface area (Å²) in [7, 11) is 1.70. The topological polar surface area (TPSA) is 103 Å². The number of halogens is 6. The van der Waals surface area contributed by atoms with Crippen LogP contribution in [0.5, 0.6) is 5.88 Å². The molecule has 2 saturated heterocycles. The number of carboxylic acids is 2. The molecule has 14 heteroatoms. The lowest BCUT2D eigenvalue weighted by Crippen LogP contribution is -2.51. The molecule has 0 aliphatic carbocycles. The molecule has 0 atom stereocenters. The Labute approximate surface area is 198 Å². The lowest BCUT2D eigenvalue weighted by Gasteiger charge is -2.45. The van der Waals surface area contributed by atoms with Crippen molar-refractivity contribution < 1.29 is 50.9 Å². The largest absolute Gasteiger partial charge is 0.490 e. The average Bonchev–Trinajstić information content (AvgIpc) is 3.17. The molecule has 2 fully saturated rings. The van der Waals surface area contributed by atoms with Gasteiger partial charge in [0.2, 0.25) is 5.88 Å². The molecular weight excluding hydrogens is 488 g/mol. The van der Waals surface area contributed by atoms with E-state index in [0.29, 0.717) is 5.54 Å². The normalized spacial score (nSPS) is 18.2. The van der Waals surface area contributed by atoms with Crippen LogP contribution >= 0.6 is 0 Å². The number of nitrogens with zero attached hydrogens (tertiary/aromatic N) is 3. The summed E-state index contributed by atoms with van der Waals surface area (Å²) in [5.41, 5.74) is 1.71. The second kappa shape index (κ2) is 12.9. The zero-order chi connectivity index (χ0) is 26.9. The van der Waals surface area contributed by atoms with Crippen LogP contribution in [0.3, 0.4) is 0 Å². The zero-order valence-electron chi connectivity index (χ0n) is 19.3. The minimum atomic E-state index is -5.08. The number of hydrogen-bond acceptors (Lipinski definition) is 6. The van der Waals surface area contributed by atoms with Crippen molar-refractivity contribution >= 4 is 11.9 Å². The van der Waals surface area contributed by atoms with E-state index in [9.17, 15) is 26.3 Å². The van der Waals surface area contributed by atoms with Crippen LogP contribution in [0.2, 0.25) is 0 Å². The van der Waals surface area contributed by atoms with Gasteiger partial charge in [-0.2, -0.15) is 26.3 Å². The lowest BCUT2D eigenvalue weighted by atomic mass is 9.85. The van der Waals surface area contributed by atoms with E-state index in [0.717, 1.165) is 12.4 Å². The summed E-state index contributed by atoms with van der Waals surface area (Å²) in [4.78, 5) is 27.4. The first kappa shape index (κ1) is 30.4. The van der Waals surface area contributed by atoms with Crippen LogP contribution < -0.4 is 4.74 Å². The van der Waals surface area contributed by atoms with Gasteiger partial charge < -0.3 is 14.9 Å². The summed E-state index contributed by atoms with van der Waals surface area (Å²) in [6.07, 6.45) is -2.98. The molecule has 2 aliphatic heterocycles. The predicted octanol–water partition coefficient (Wildman–Crippen LogP) is 3.81. The number of alkyl halides is 6. The van der Waals surface area contributed by atoms with Crippen molar-refractivity contribution in [3.63, 3.8) is 0 Å². The van der Waals surface area contributed by atoms with E-state index in [1.807, 2.05) is 6.07 Å². The second-order valence-electron chi connectivity index (χ2n) is 7.96. The molecule has 1 aromatic rings. The van der Waals surface area contributed by atoms with Crippen molar-refractivity contribution in [1.82, 2.24) is 14.8 Å². The highest BCUT2D eigenvalue weighted by Crippen LogP contribution is 2.38. The van der Waals surface area contributed by atoms with E-state index < -0.39 is 24.3 Å². The van der Waals surface area contributed by atoms with E-state index in [2.05, 4.69) is 27.8 Å². The van der Waals surface area contributed by atoms with Gasteiger partial charge in [-0.15, -0.1) is 0 Å². The first-order chi connectivity index (χ1) is 16.2. The Kier molecular flexibility index (Phi) is 11.2. The summed E-state index contributed by atoms with van der Waals surface area (Å²) in [6, 6.07) is 4.13. The highest BCUT2D eigenvalue weighted by atomic mass is 19.4. The number of pyridine rings is 1. The lowest BCUT2D eigenvalue weighted by molar-refractivity contribution is -0.193. The van der Waals surface area contributed by atoms with Gasteiger partial charge >= 0.3 is 24.3 Å². The Morgan fingerprint density at radius 3 is 1.97 bits per heavy atom.